The second-order valence-electron chi connectivity index (χ2n) is 4.96. The minimum atomic E-state index is -0.264. The van der Waals surface area contributed by atoms with Crippen LogP contribution in [0.3, 0.4) is 0 Å². The van der Waals surface area contributed by atoms with Gasteiger partial charge >= 0.3 is 0 Å². The molecule has 1 aliphatic heterocycles. The largest absolute Gasteiger partial charge is 0.376 e. The average Bonchev–Trinajstić information content (AvgIpc) is 2.99. The summed E-state index contributed by atoms with van der Waals surface area (Å²) < 4.78 is 19.5. The maximum atomic E-state index is 13.5. The predicted octanol–water partition coefficient (Wildman–Crippen LogP) is 3.44. The highest BCUT2D eigenvalue weighted by atomic mass is 127. The number of guanidine groups is 1. The van der Waals surface area contributed by atoms with Gasteiger partial charge in [0.25, 0.3) is 0 Å². The lowest BCUT2D eigenvalue weighted by Crippen LogP contribution is -2.41. The molecule has 0 bridgehead atoms. The molecular weight excluding hydrogens is 464 g/mol. The molecule has 0 amide bonds. The second-order valence-corrected chi connectivity index (χ2v) is 5.81. The summed E-state index contributed by atoms with van der Waals surface area (Å²) in [5.41, 5.74) is 0.838. The second kappa shape index (κ2) is 10.4. The number of aliphatic imine (C=N–C) groups is 1. The number of benzene rings is 1. The summed E-state index contributed by atoms with van der Waals surface area (Å²) in [5.74, 6) is 0.469. The van der Waals surface area contributed by atoms with E-state index in [-0.39, 0.29) is 35.9 Å². The Bertz CT molecular complexity index is 496. The van der Waals surface area contributed by atoms with Crippen LogP contribution in [0.1, 0.15) is 25.3 Å². The zero-order chi connectivity index (χ0) is 15.1. The molecule has 124 valence electrons. The van der Waals surface area contributed by atoms with Crippen LogP contribution in [-0.4, -0.2) is 31.8 Å². The Kier molecular flexibility index (Phi) is 9.27. The minimum Gasteiger partial charge on any atom is -0.376 e. The zero-order valence-electron chi connectivity index (χ0n) is 12.6. The van der Waals surface area contributed by atoms with Gasteiger partial charge in [0, 0.05) is 19.7 Å². The van der Waals surface area contributed by atoms with Crippen molar-refractivity contribution in [1.29, 1.82) is 0 Å². The van der Waals surface area contributed by atoms with Crippen LogP contribution in [0.5, 0.6) is 0 Å². The Balaban J connectivity index is 0.00000242. The molecule has 0 radical (unpaired) electrons. The van der Waals surface area contributed by atoms with Gasteiger partial charge in [0.05, 0.1) is 17.1 Å². The number of halogens is 3. The van der Waals surface area contributed by atoms with Crippen molar-refractivity contribution in [2.45, 2.75) is 32.4 Å². The number of nitrogens with zero attached hydrogens (tertiary/aromatic N) is 1. The van der Waals surface area contributed by atoms with Gasteiger partial charge in [0.2, 0.25) is 0 Å². The molecule has 0 aliphatic carbocycles. The third kappa shape index (κ3) is 6.37. The smallest absolute Gasteiger partial charge is 0.191 e. The van der Waals surface area contributed by atoms with Crippen LogP contribution in [0.2, 0.25) is 0 Å². The van der Waals surface area contributed by atoms with Crippen LogP contribution in [0.25, 0.3) is 0 Å². The Morgan fingerprint density at radius 3 is 2.91 bits per heavy atom. The van der Waals surface area contributed by atoms with Crippen LogP contribution in [0.15, 0.2) is 27.7 Å². The zero-order valence-corrected chi connectivity index (χ0v) is 16.5. The molecule has 0 saturated carbocycles. The van der Waals surface area contributed by atoms with Gasteiger partial charge in [-0.05, 0) is 53.4 Å². The SMILES string of the molecule is CCNC(=NCc1ccc(Br)c(F)c1)NCC1CCCO1.I. The molecule has 1 aliphatic rings. The summed E-state index contributed by atoms with van der Waals surface area (Å²) in [6.07, 6.45) is 2.47. The van der Waals surface area contributed by atoms with E-state index < -0.39 is 0 Å². The van der Waals surface area contributed by atoms with Crippen LogP contribution in [-0.2, 0) is 11.3 Å². The highest BCUT2D eigenvalue weighted by Crippen LogP contribution is 2.16. The van der Waals surface area contributed by atoms with Gasteiger partial charge < -0.3 is 15.4 Å². The van der Waals surface area contributed by atoms with E-state index in [1.165, 1.54) is 6.07 Å². The van der Waals surface area contributed by atoms with Crippen molar-refractivity contribution < 1.29 is 9.13 Å². The first kappa shape index (κ1) is 19.6. The number of rotatable bonds is 5. The minimum absolute atomic E-state index is 0. The van der Waals surface area contributed by atoms with E-state index in [0.29, 0.717) is 11.0 Å². The molecule has 1 aromatic carbocycles. The average molecular weight is 486 g/mol. The fourth-order valence-corrected chi connectivity index (χ4v) is 2.41. The number of hydrogen-bond acceptors (Lipinski definition) is 2. The normalized spacial score (nSPS) is 18.0. The lowest BCUT2D eigenvalue weighted by Gasteiger charge is -2.14. The standard InChI is InChI=1S/C15H21BrFN3O.HI/c1-2-18-15(20-10-12-4-3-7-21-12)19-9-11-5-6-13(16)14(17)8-11;/h5-6,8,12H,2-4,7,9-10H2,1H3,(H2,18,19,20);1H. The molecule has 1 fully saturated rings. The van der Waals surface area contributed by atoms with Crippen molar-refractivity contribution in [3.63, 3.8) is 0 Å². The molecule has 0 spiro atoms. The molecule has 1 atom stereocenters. The van der Waals surface area contributed by atoms with Crippen LogP contribution in [0.4, 0.5) is 4.39 Å². The predicted molar refractivity (Wildman–Crippen MR) is 101 cm³/mol. The van der Waals surface area contributed by atoms with Gasteiger partial charge in [-0.15, -0.1) is 24.0 Å². The first-order valence-corrected chi connectivity index (χ1v) is 8.06. The van der Waals surface area contributed by atoms with Crippen molar-refractivity contribution >= 4 is 45.9 Å². The number of hydrogen-bond donors (Lipinski definition) is 2. The molecule has 0 aromatic heterocycles. The summed E-state index contributed by atoms with van der Waals surface area (Å²) >= 11 is 3.15. The molecule has 2 N–H and O–H groups in total. The van der Waals surface area contributed by atoms with Crippen molar-refractivity contribution in [2.75, 3.05) is 19.7 Å². The number of ether oxygens (including phenoxy) is 1. The Hall–Kier alpha value is -0.410. The van der Waals surface area contributed by atoms with Gasteiger partial charge in [-0.3, -0.25) is 0 Å². The van der Waals surface area contributed by atoms with Crippen molar-refractivity contribution in [1.82, 2.24) is 10.6 Å². The Labute approximate surface area is 156 Å². The third-order valence-corrected chi connectivity index (χ3v) is 3.91. The topological polar surface area (TPSA) is 45.7 Å². The van der Waals surface area contributed by atoms with Crippen LogP contribution >= 0.6 is 39.9 Å². The molecule has 1 unspecified atom stereocenters. The molecule has 1 aromatic rings. The summed E-state index contributed by atoms with van der Waals surface area (Å²) in [7, 11) is 0. The summed E-state index contributed by atoms with van der Waals surface area (Å²) in [4.78, 5) is 4.47. The molecule has 22 heavy (non-hydrogen) atoms. The molecule has 2 rings (SSSR count). The Morgan fingerprint density at radius 1 is 1.45 bits per heavy atom. The summed E-state index contributed by atoms with van der Waals surface area (Å²) in [6.45, 7) is 4.83. The van der Waals surface area contributed by atoms with Crippen molar-refractivity contribution in [2.24, 2.45) is 4.99 Å². The highest BCUT2D eigenvalue weighted by molar-refractivity contribution is 14.0. The lowest BCUT2D eigenvalue weighted by atomic mass is 10.2. The highest BCUT2D eigenvalue weighted by Gasteiger charge is 2.15. The van der Waals surface area contributed by atoms with E-state index in [1.54, 1.807) is 6.07 Å². The van der Waals surface area contributed by atoms with Gasteiger partial charge in [-0.2, -0.15) is 0 Å². The molecule has 4 nitrogen and oxygen atoms in total. The maximum absolute atomic E-state index is 13.5. The molecule has 1 saturated heterocycles. The van der Waals surface area contributed by atoms with E-state index in [0.717, 1.165) is 44.1 Å². The summed E-state index contributed by atoms with van der Waals surface area (Å²) in [6, 6.07) is 5.06. The van der Waals surface area contributed by atoms with E-state index in [4.69, 9.17) is 4.74 Å². The fraction of sp³-hybridized carbons (Fsp3) is 0.533. The quantitative estimate of drug-likeness (QED) is 0.381. The van der Waals surface area contributed by atoms with E-state index in [2.05, 4.69) is 31.6 Å². The van der Waals surface area contributed by atoms with E-state index in [1.807, 2.05) is 13.0 Å². The van der Waals surface area contributed by atoms with Gasteiger partial charge in [-0.1, -0.05) is 6.07 Å². The van der Waals surface area contributed by atoms with Crippen molar-refractivity contribution in [3.05, 3.63) is 34.1 Å². The van der Waals surface area contributed by atoms with E-state index >= 15 is 0 Å². The van der Waals surface area contributed by atoms with Gasteiger partial charge in [-0.25, -0.2) is 9.38 Å². The monoisotopic (exact) mass is 485 g/mol. The van der Waals surface area contributed by atoms with Gasteiger partial charge in [0.15, 0.2) is 5.96 Å². The summed E-state index contributed by atoms with van der Waals surface area (Å²) in [5, 5.41) is 6.45. The number of nitrogens with one attached hydrogen (secondary N) is 2. The first-order chi connectivity index (χ1) is 10.2. The lowest BCUT2D eigenvalue weighted by molar-refractivity contribution is 0.114. The van der Waals surface area contributed by atoms with Crippen molar-refractivity contribution in [3.8, 4) is 0 Å². The molecule has 7 heteroatoms. The van der Waals surface area contributed by atoms with E-state index in [9.17, 15) is 4.39 Å². The van der Waals surface area contributed by atoms with Crippen LogP contribution < -0.4 is 10.6 Å². The van der Waals surface area contributed by atoms with Crippen LogP contribution in [0, 0.1) is 5.82 Å². The Morgan fingerprint density at radius 2 is 2.27 bits per heavy atom. The maximum Gasteiger partial charge on any atom is 0.191 e. The first-order valence-electron chi connectivity index (χ1n) is 7.26. The molecule has 1 heterocycles. The third-order valence-electron chi connectivity index (χ3n) is 3.27. The fourth-order valence-electron chi connectivity index (χ4n) is 2.17. The molecular formula is C15H22BrFIN3O. The van der Waals surface area contributed by atoms with Gasteiger partial charge in [0.1, 0.15) is 5.82 Å².